The fraction of sp³-hybridized carbons (Fsp3) is 0.538. The molecule has 1 amide bonds. The summed E-state index contributed by atoms with van der Waals surface area (Å²) < 4.78 is 5.08. The van der Waals surface area contributed by atoms with E-state index in [1.165, 1.54) is 16.2 Å². The summed E-state index contributed by atoms with van der Waals surface area (Å²) in [6.07, 6.45) is 2.88. The number of carbonyl (C=O) groups is 2. The standard InChI is InChI=1S/C13H18N2O3S/c1-3-18-13(17)10-8-5-4-6-9(8)19-12(10)15-11(16)7(2)14/h7H,3-6,14H2,1-2H3,(H,15,16)/t7-/m1/s1. The van der Waals surface area contributed by atoms with Crippen LogP contribution in [-0.2, 0) is 22.4 Å². The number of aryl methyl sites for hydroxylation is 1. The summed E-state index contributed by atoms with van der Waals surface area (Å²) in [6, 6.07) is -0.605. The number of fused-ring (bicyclic) bond motifs is 1. The molecule has 1 aliphatic rings. The van der Waals surface area contributed by atoms with E-state index >= 15 is 0 Å². The molecule has 0 saturated carbocycles. The summed E-state index contributed by atoms with van der Waals surface area (Å²) >= 11 is 1.46. The summed E-state index contributed by atoms with van der Waals surface area (Å²) in [7, 11) is 0. The molecule has 0 radical (unpaired) electrons. The summed E-state index contributed by atoms with van der Waals surface area (Å²) in [5, 5.41) is 3.31. The van der Waals surface area contributed by atoms with E-state index in [-0.39, 0.29) is 11.9 Å². The number of nitrogens with two attached hydrogens (primary N) is 1. The van der Waals surface area contributed by atoms with Gasteiger partial charge in [-0.1, -0.05) is 0 Å². The van der Waals surface area contributed by atoms with Crippen LogP contribution in [0.5, 0.6) is 0 Å². The fourth-order valence-corrected chi connectivity index (χ4v) is 3.42. The van der Waals surface area contributed by atoms with E-state index < -0.39 is 6.04 Å². The molecule has 0 aromatic carbocycles. The van der Waals surface area contributed by atoms with Crippen molar-refractivity contribution in [1.82, 2.24) is 0 Å². The lowest BCUT2D eigenvalue weighted by Gasteiger charge is -2.09. The first-order valence-corrected chi connectivity index (χ1v) is 7.24. The van der Waals surface area contributed by atoms with Gasteiger partial charge >= 0.3 is 5.97 Å². The van der Waals surface area contributed by atoms with E-state index in [0.29, 0.717) is 17.2 Å². The van der Waals surface area contributed by atoms with Crippen molar-refractivity contribution in [2.45, 2.75) is 39.2 Å². The molecule has 1 atom stereocenters. The Morgan fingerprint density at radius 3 is 2.84 bits per heavy atom. The minimum Gasteiger partial charge on any atom is -0.462 e. The Balaban J connectivity index is 2.32. The molecular formula is C13H18N2O3S. The fourth-order valence-electron chi connectivity index (χ4n) is 2.14. The van der Waals surface area contributed by atoms with Gasteiger partial charge in [-0.05, 0) is 38.7 Å². The molecule has 0 saturated heterocycles. The first-order valence-electron chi connectivity index (χ1n) is 6.42. The van der Waals surface area contributed by atoms with Crippen LogP contribution >= 0.6 is 11.3 Å². The van der Waals surface area contributed by atoms with Gasteiger partial charge < -0.3 is 15.8 Å². The number of thiophene rings is 1. The van der Waals surface area contributed by atoms with Gasteiger partial charge in [0.2, 0.25) is 5.91 Å². The van der Waals surface area contributed by atoms with Crippen LogP contribution in [0.25, 0.3) is 0 Å². The smallest absolute Gasteiger partial charge is 0.341 e. The van der Waals surface area contributed by atoms with E-state index in [1.54, 1.807) is 13.8 Å². The summed E-state index contributed by atoms with van der Waals surface area (Å²) in [5.41, 5.74) is 7.09. The van der Waals surface area contributed by atoms with E-state index in [9.17, 15) is 9.59 Å². The van der Waals surface area contributed by atoms with Crippen molar-refractivity contribution in [3.63, 3.8) is 0 Å². The number of anilines is 1. The minimum absolute atomic E-state index is 0.287. The van der Waals surface area contributed by atoms with Crippen LogP contribution in [0.4, 0.5) is 5.00 Å². The molecule has 1 aromatic heterocycles. The lowest BCUT2D eigenvalue weighted by atomic mass is 10.1. The first-order chi connectivity index (χ1) is 9.04. The van der Waals surface area contributed by atoms with Crippen molar-refractivity contribution in [1.29, 1.82) is 0 Å². The number of hydrogen-bond donors (Lipinski definition) is 2. The maximum absolute atomic E-state index is 12.0. The Morgan fingerprint density at radius 2 is 2.21 bits per heavy atom. The SMILES string of the molecule is CCOC(=O)c1c(NC(=O)[C@@H](C)N)sc2c1CCC2. The van der Waals surface area contributed by atoms with Gasteiger partial charge in [-0.2, -0.15) is 0 Å². The zero-order valence-electron chi connectivity index (χ0n) is 11.1. The molecule has 6 heteroatoms. The lowest BCUT2D eigenvalue weighted by molar-refractivity contribution is -0.117. The quantitative estimate of drug-likeness (QED) is 0.824. The average molecular weight is 282 g/mol. The summed E-state index contributed by atoms with van der Waals surface area (Å²) in [5.74, 6) is -0.646. The van der Waals surface area contributed by atoms with E-state index in [4.69, 9.17) is 10.5 Å². The van der Waals surface area contributed by atoms with Gasteiger partial charge in [0.25, 0.3) is 0 Å². The van der Waals surface area contributed by atoms with Crippen molar-refractivity contribution in [2.75, 3.05) is 11.9 Å². The summed E-state index contributed by atoms with van der Waals surface area (Å²) in [4.78, 5) is 24.9. The van der Waals surface area contributed by atoms with Crippen molar-refractivity contribution in [3.8, 4) is 0 Å². The van der Waals surface area contributed by atoms with Gasteiger partial charge in [0.15, 0.2) is 0 Å². The number of carbonyl (C=O) groups excluding carboxylic acids is 2. The number of amides is 1. The van der Waals surface area contributed by atoms with Crippen LogP contribution in [0.3, 0.4) is 0 Å². The monoisotopic (exact) mass is 282 g/mol. The molecule has 0 unspecified atom stereocenters. The van der Waals surface area contributed by atoms with Crippen LogP contribution in [0.2, 0.25) is 0 Å². The van der Waals surface area contributed by atoms with Gasteiger partial charge in [-0.15, -0.1) is 11.3 Å². The van der Waals surface area contributed by atoms with Gasteiger partial charge in [-0.25, -0.2) is 4.79 Å². The predicted molar refractivity (Wildman–Crippen MR) is 74.6 cm³/mol. The molecule has 0 aliphatic heterocycles. The highest BCUT2D eigenvalue weighted by Gasteiger charge is 2.28. The lowest BCUT2D eigenvalue weighted by Crippen LogP contribution is -2.32. The highest BCUT2D eigenvalue weighted by Crippen LogP contribution is 2.39. The molecule has 1 aliphatic carbocycles. The Kier molecular flexibility index (Phi) is 4.21. The Labute approximate surface area is 116 Å². The number of rotatable bonds is 4. The van der Waals surface area contributed by atoms with Gasteiger partial charge in [0, 0.05) is 4.88 Å². The van der Waals surface area contributed by atoms with E-state index in [1.807, 2.05) is 0 Å². The minimum atomic E-state index is -0.605. The molecule has 19 heavy (non-hydrogen) atoms. The Hall–Kier alpha value is -1.40. The highest BCUT2D eigenvalue weighted by molar-refractivity contribution is 7.17. The van der Waals surface area contributed by atoms with E-state index in [2.05, 4.69) is 5.32 Å². The van der Waals surface area contributed by atoms with Gasteiger partial charge in [0.05, 0.1) is 18.2 Å². The third-order valence-electron chi connectivity index (χ3n) is 3.05. The number of esters is 1. The van der Waals surface area contributed by atoms with Crippen LogP contribution in [0, 0.1) is 0 Å². The number of ether oxygens (including phenoxy) is 1. The predicted octanol–water partition coefficient (Wildman–Crippen LogP) is 1.70. The maximum atomic E-state index is 12.0. The molecule has 104 valence electrons. The zero-order valence-corrected chi connectivity index (χ0v) is 11.9. The van der Waals surface area contributed by atoms with Crippen molar-refractivity contribution in [2.24, 2.45) is 5.73 Å². The molecule has 1 heterocycles. The average Bonchev–Trinajstić information content (AvgIpc) is 2.88. The van der Waals surface area contributed by atoms with E-state index in [0.717, 1.165) is 24.8 Å². The van der Waals surface area contributed by atoms with Crippen LogP contribution in [0.15, 0.2) is 0 Å². The van der Waals surface area contributed by atoms with Crippen LogP contribution < -0.4 is 11.1 Å². The second kappa shape index (κ2) is 5.71. The van der Waals surface area contributed by atoms with Crippen molar-refractivity contribution < 1.29 is 14.3 Å². The largest absolute Gasteiger partial charge is 0.462 e. The Bertz CT molecular complexity index is 508. The number of nitrogens with one attached hydrogen (secondary N) is 1. The molecule has 0 fully saturated rings. The summed E-state index contributed by atoms with van der Waals surface area (Å²) in [6.45, 7) is 3.70. The molecule has 2 rings (SSSR count). The highest BCUT2D eigenvalue weighted by atomic mass is 32.1. The molecule has 0 bridgehead atoms. The second-order valence-corrected chi connectivity index (χ2v) is 5.67. The van der Waals surface area contributed by atoms with Gasteiger partial charge in [-0.3, -0.25) is 4.79 Å². The third kappa shape index (κ3) is 2.79. The van der Waals surface area contributed by atoms with Crippen molar-refractivity contribution in [3.05, 3.63) is 16.0 Å². The normalized spacial score (nSPS) is 14.9. The Morgan fingerprint density at radius 1 is 1.47 bits per heavy atom. The third-order valence-corrected chi connectivity index (χ3v) is 4.26. The van der Waals surface area contributed by atoms with Crippen LogP contribution in [-0.4, -0.2) is 24.5 Å². The topological polar surface area (TPSA) is 81.4 Å². The first kappa shape index (κ1) is 14.0. The zero-order chi connectivity index (χ0) is 14.0. The maximum Gasteiger partial charge on any atom is 0.341 e. The molecule has 1 aromatic rings. The van der Waals surface area contributed by atoms with Crippen molar-refractivity contribution >= 4 is 28.2 Å². The second-order valence-electron chi connectivity index (χ2n) is 4.56. The molecule has 5 nitrogen and oxygen atoms in total. The number of hydrogen-bond acceptors (Lipinski definition) is 5. The molecule has 3 N–H and O–H groups in total. The molecule has 0 spiro atoms. The molecular weight excluding hydrogens is 264 g/mol. The van der Waals surface area contributed by atoms with Crippen LogP contribution in [0.1, 0.15) is 41.1 Å². The van der Waals surface area contributed by atoms with Gasteiger partial charge in [0.1, 0.15) is 5.00 Å².